The first-order valence-corrected chi connectivity index (χ1v) is 14.8. The summed E-state index contributed by atoms with van der Waals surface area (Å²) in [5, 5.41) is 1.13. The fourth-order valence-electron chi connectivity index (χ4n) is 5.21. The first kappa shape index (κ1) is 31.3. The number of hydrogen-bond donors (Lipinski definition) is 0. The van der Waals surface area contributed by atoms with Crippen LogP contribution in [-0.2, 0) is 28.6 Å². The second-order valence-electron chi connectivity index (χ2n) is 10.5. The highest BCUT2D eigenvalue weighted by atomic mass is 35.5. The SMILES string of the molecule is C[C@H]1CCC/C=C/[C@@H]2C[C@H](OC(=O)/C=C/c3cccc(Cl)c3)C[C@H]2[C@H](OC(=O)/C=C/c2cccc(Cl)c2)/C=C/C(=O)O1. The summed E-state index contributed by atoms with van der Waals surface area (Å²) in [5.41, 5.74) is 1.54. The van der Waals surface area contributed by atoms with Gasteiger partial charge in [0.15, 0.2) is 0 Å². The molecule has 0 spiro atoms. The van der Waals surface area contributed by atoms with Gasteiger partial charge in [-0.2, -0.15) is 0 Å². The highest BCUT2D eigenvalue weighted by Gasteiger charge is 2.40. The smallest absolute Gasteiger partial charge is 0.331 e. The van der Waals surface area contributed by atoms with E-state index >= 15 is 0 Å². The van der Waals surface area contributed by atoms with Crippen molar-refractivity contribution in [1.82, 2.24) is 0 Å². The summed E-state index contributed by atoms with van der Waals surface area (Å²) in [6.07, 6.45) is 15.2. The van der Waals surface area contributed by atoms with Crippen LogP contribution in [0.1, 0.15) is 50.2 Å². The highest BCUT2D eigenvalue weighted by Crippen LogP contribution is 2.39. The summed E-state index contributed by atoms with van der Waals surface area (Å²) < 4.78 is 17.2. The summed E-state index contributed by atoms with van der Waals surface area (Å²) in [6.45, 7) is 1.86. The number of carbonyl (C=O) groups excluding carboxylic acids is 3. The number of allylic oxidation sites excluding steroid dienone is 2. The average Bonchev–Trinajstić information content (AvgIpc) is 3.34. The van der Waals surface area contributed by atoms with E-state index in [0.717, 1.165) is 30.4 Å². The molecule has 1 heterocycles. The van der Waals surface area contributed by atoms with Gasteiger partial charge >= 0.3 is 17.9 Å². The second-order valence-corrected chi connectivity index (χ2v) is 11.4. The van der Waals surface area contributed by atoms with Crippen molar-refractivity contribution >= 4 is 53.3 Å². The monoisotopic (exact) mass is 608 g/mol. The van der Waals surface area contributed by atoms with Crippen molar-refractivity contribution in [3.63, 3.8) is 0 Å². The number of carbonyl (C=O) groups is 3. The molecule has 2 aromatic carbocycles. The maximum atomic E-state index is 12.9. The van der Waals surface area contributed by atoms with Gasteiger partial charge in [0.05, 0.1) is 6.10 Å². The Hall–Kier alpha value is -3.61. The molecule has 0 aromatic heterocycles. The molecular weight excluding hydrogens is 575 g/mol. The number of hydrogen-bond acceptors (Lipinski definition) is 6. The zero-order valence-electron chi connectivity index (χ0n) is 23.4. The van der Waals surface area contributed by atoms with Crippen molar-refractivity contribution in [2.45, 2.75) is 57.3 Å². The average molecular weight is 610 g/mol. The van der Waals surface area contributed by atoms with Crippen LogP contribution in [0.5, 0.6) is 0 Å². The third-order valence-electron chi connectivity index (χ3n) is 7.20. The Kier molecular flexibility index (Phi) is 11.6. The van der Waals surface area contributed by atoms with Gasteiger partial charge in [0, 0.05) is 34.2 Å². The number of rotatable bonds is 6. The van der Waals surface area contributed by atoms with E-state index in [2.05, 4.69) is 12.2 Å². The zero-order chi connectivity index (χ0) is 29.9. The van der Waals surface area contributed by atoms with E-state index < -0.39 is 30.1 Å². The van der Waals surface area contributed by atoms with Gasteiger partial charge in [0.1, 0.15) is 12.2 Å². The Labute approximate surface area is 256 Å². The molecule has 2 aliphatic rings. The van der Waals surface area contributed by atoms with E-state index in [-0.39, 0.29) is 17.9 Å². The summed E-state index contributed by atoms with van der Waals surface area (Å²) >= 11 is 12.1. The van der Waals surface area contributed by atoms with Crippen LogP contribution in [0.25, 0.3) is 12.2 Å². The Balaban J connectivity index is 1.51. The molecule has 0 amide bonds. The fraction of sp³-hybridized carbons (Fsp3) is 0.324. The minimum atomic E-state index is -0.745. The van der Waals surface area contributed by atoms with Gasteiger partial charge in [-0.3, -0.25) is 0 Å². The molecule has 1 aliphatic heterocycles. The molecule has 220 valence electrons. The summed E-state index contributed by atoms with van der Waals surface area (Å²) in [6, 6.07) is 14.3. The number of halogens is 2. The molecule has 5 atom stereocenters. The maximum absolute atomic E-state index is 12.9. The van der Waals surface area contributed by atoms with Crippen LogP contribution < -0.4 is 0 Å². The van der Waals surface area contributed by atoms with Crippen molar-refractivity contribution in [1.29, 1.82) is 0 Å². The molecule has 42 heavy (non-hydrogen) atoms. The zero-order valence-corrected chi connectivity index (χ0v) is 24.9. The number of esters is 3. The second kappa shape index (κ2) is 15.6. The van der Waals surface area contributed by atoms with Crippen LogP contribution in [-0.4, -0.2) is 36.2 Å². The topological polar surface area (TPSA) is 78.9 Å². The van der Waals surface area contributed by atoms with Crippen LogP contribution in [0.4, 0.5) is 0 Å². The van der Waals surface area contributed by atoms with E-state index in [0.29, 0.717) is 22.9 Å². The van der Waals surface area contributed by atoms with E-state index in [9.17, 15) is 14.4 Å². The van der Waals surface area contributed by atoms with Crippen LogP contribution in [0.2, 0.25) is 10.0 Å². The molecule has 1 fully saturated rings. The first-order valence-electron chi connectivity index (χ1n) is 14.1. The van der Waals surface area contributed by atoms with Crippen LogP contribution >= 0.6 is 23.2 Å². The Morgan fingerprint density at radius 2 is 1.55 bits per heavy atom. The lowest BCUT2D eigenvalue weighted by Crippen LogP contribution is -2.27. The Bertz CT molecular complexity index is 1380. The quantitative estimate of drug-likeness (QED) is 0.144. The summed E-state index contributed by atoms with van der Waals surface area (Å²) in [5.74, 6) is -1.78. The van der Waals surface area contributed by atoms with E-state index in [1.165, 1.54) is 18.2 Å². The van der Waals surface area contributed by atoms with Gasteiger partial charge in [0.25, 0.3) is 0 Å². The first-order chi connectivity index (χ1) is 20.2. The molecule has 0 N–H and O–H groups in total. The number of cyclic esters (lactones) is 1. The van der Waals surface area contributed by atoms with E-state index in [1.807, 2.05) is 19.1 Å². The van der Waals surface area contributed by atoms with Gasteiger partial charge in [-0.15, -0.1) is 0 Å². The van der Waals surface area contributed by atoms with Crippen molar-refractivity contribution in [3.8, 4) is 0 Å². The molecule has 8 heteroatoms. The fourth-order valence-corrected chi connectivity index (χ4v) is 5.61. The van der Waals surface area contributed by atoms with E-state index in [1.54, 1.807) is 54.6 Å². The van der Waals surface area contributed by atoms with E-state index in [4.69, 9.17) is 37.4 Å². The summed E-state index contributed by atoms with van der Waals surface area (Å²) in [7, 11) is 0. The standard InChI is InChI=1S/C34H34Cl2O6/c1-23-7-3-2-4-10-26-21-29(41-33(38)16-13-24-8-5-11-27(35)19-24)22-30(26)31(15-18-32(37)40-23)42-34(39)17-14-25-9-6-12-28(36)20-25/h4-6,8-20,23,26,29-31H,2-3,7,21-22H2,1H3/b10-4+,16-13+,17-14+,18-15+/t23-,26+,29-,30+,31+/m0/s1. The lowest BCUT2D eigenvalue weighted by atomic mass is 9.89. The molecule has 0 unspecified atom stereocenters. The minimum absolute atomic E-state index is 0.0340. The highest BCUT2D eigenvalue weighted by molar-refractivity contribution is 6.31. The third kappa shape index (κ3) is 10.0. The molecular formula is C34H34Cl2O6. The molecule has 2 aromatic rings. The van der Waals surface area contributed by atoms with Crippen molar-refractivity contribution in [2.75, 3.05) is 0 Å². The van der Waals surface area contributed by atoms with Gasteiger partial charge in [-0.1, -0.05) is 59.6 Å². The van der Waals surface area contributed by atoms with Crippen LogP contribution in [0.3, 0.4) is 0 Å². The molecule has 0 saturated heterocycles. The minimum Gasteiger partial charge on any atom is -0.460 e. The normalized spacial score (nSPS) is 26.4. The molecule has 0 bridgehead atoms. The number of benzene rings is 2. The lowest BCUT2D eigenvalue weighted by Gasteiger charge is -2.24. The molecule has 1 saturated carbocycles. The predicted molar refractivity (Wildman–Crippen MR) is 165 cm³/mol. The number of ether oxygens (including phenoxy) is 3. The van der Waals surface area contributed by atoms with Crippen molar-refractivity contribution < 1.29 is 28.6 Å². The Morgan fingerprint density at radius 3 is 2.19 bits per heavy atom. The van der Waals surface area contributed by atoms with Gasteiger partial charge in [-0.25, -0.2) is 14.4 Å². The molecule has 0 radical (unpaired) electrons. The largest absolute Gasteiger partial charge is 0.460 e. The number of fused-ring (bicyclic) bond motifs is 1. The van der Waals surface area contributed by atoms with Crippen LogP contribution in [0, 0.1) is 11.8 Å². The third-order valence-corrected chi connectivity index (χ3v) is 7.67. The lowest BCUT2D eigenvalue weighted by molar-refractivity contribution is -0.146. The molecule has 1 aliphatic carbocycles. The van der Waals surface area contributed by atoms with Gasteiger partial charge in [0.2, 0.25) is 0 Å². The van der Waals surface area contributed by atoms with Crippen molar-refractivity contribution in [3.05, 3.63) is 106 Å². The van der Waals surface area contributed by atoms with Gasteiger partial charge < -0.3 is 14.2 Å². The summed E-state index contributed by atoms with van der Waals surface area (Å²) in [4.78, 5) is 38.1. The Morgan fingerprint density at radius 1 is 0.905 bits per heavy atom. The molecule has 6 nitrogen and oxygen atoms in total. The molecule has 4 rings (SSSR count). The van der Waals surface area contributed by atoms with Crippen molar-refractivity contribution in [2.24, 2.45) is 11.8 Å². The van der Waals surface area contributed by atoms with Gasteiger partial charge in [-0.05, 0) is 98.6 Å². The predicted octanol–water partition coefficient (Wildman–Crippen LogP) is 7.80. The maximum Gasteiger partial charge on any atom is 0.331 e. The van der Waals surface area contributed by atoms with Crippen LogP contribution in [0.15, 0.2) is 85.0 Å².